The molecule has 6 heteroatoms. The van der Waals surface area contributed by atoms with Gasteiger partial charge in [0.25, 0.3) is 5.97 Å². The molecule has 25 heavy (non-hydrogen) atoms. The molecule has 144 valence electrons. The van der Waals surface area contributed by atoms with Gasteiger partial charge in [0.15, 0.2) is 0 Å². The lowest BCUT2D eigenvalue weighted by molar-refractivity contribution is -0.141. The van der Waals surface area contributed by atoms with E-state index in [1.807, 2.05) is 18.2 Å². The van der Waals surface area contributed by atoms with Crippen LogP contribution < -0.4 is 0 Å². The van der Waals surface area contributed by atoms with Gasteiger partial charge in [-0.05, 0) is 20.3 Å². The van der Waals surface area contributed by atoms with Gasteiger partial charge < -0.3 is 14.6 Å². The molecule has 1 N–H and O–H groups in total. The van der Waals surface area contributed by atoms with E-state index < -0.39 is 5.97 Å². The van der Waals surface area contributed by atoms with Crippen LogP contribution in [0.25, 0.3) is 0 Å². The quantitative estimate of drug-likeness (QED) is 0.648. The van der Waals surface area contributed by atoms with Crippen LogP contribution in [0.3, 0.4) is 0 Å². The molecule has 0 fully saturated rings. The van der Waals surface area contributed by atoms with Crippen molar-refractivity contribution in [1.82, 2.24) is 0 Å². The standard InChI is InChI=1S/C7H8.C6H12O2.C4H8O2.C2H4O2/c1-7-5-3-2-4-6-7;1-3-4-5-8-6(2)7;1-3-6-4(2)5;1-2(3)4/h2-6H,1H3;3-5H2,1-2H3;3H2,1-2H3;1H3,(H,3,4). The smallest absolute Gasteiger partial charge is 0.302 e. The number of esters is 2. The minimum Gasteiger partial charge on any atom is -0.481 e. The molecule has 0 unspecified atom stereocenters. The highest BCUT2D eigenvalue weighted by Gasteiger charge is 1.88. The zero-order chi connectivity index (χ0) is 20.1. The fraction of sp³-hybridized carbons (Fsp3) is 0.526. The Bertz CT molecular complexity index is 438. The van der Waals surface area contributed by atoms with Crippen molar-refractivity contribution in [3.63, 3.8) is 0 Å². The third-order valence-corrected chi connectivity index (χ3v) is 2.09. The summed E-state index contributed by atoms with van der Waals surface area (Å²) < 4.78 is 9.05. The van der Waals surface area contributed by atoms with Crippen LogP contribution in [0.15, 0.2) is 30.3 Å². The number of benzene rings is 1. The normalized spacial score (nSPS) is 8.08. The van der Waals surface area contributed by atoms with E-state index in [0.29, 0.717) is 13.2 Å². The number of ether oxygens (including phenoxy) is 2. The Hall–Kier alpha value is -2.37. The SMILES string of the molecule is CC(=O)O.CCCCOC(C)=O.CCOC(C)=O.Cc1ccccc1. The fourth-order valence-corrected chi connectivity index (χ4v) is 1.10. The summed E-state index contributed by atoms with van der Waals surface area (Å²) >= 11 is 0. The van der Waals surface area contributed by atoms with Gasteiger partial charge in [-0.2, -0.15) is 0 Å². The monoisotopic (exact) mass is 356 g/mol. The summed E-state index contributed by atoms with van der Waals surface area (Å²) in [6.07, 6.45) is 2.05. The molecule has 6 nitrogen and oxygen atoms in total. The number of hydrogen-bond donors (Lipinski definition) is 1. The first-order chi connectivity index (χ1) is 11.7. The van der Waals surface area contributed by atoms with Crippen molar-refractivity contribution < 1.29 is 29.0 Å². The number of aliphatic carboxylic acids is 1. The van der Waals surface area contributed by atoms with E-state index in [1.165, 1.54) is 19.4 Å². The lowest BCUT2D eigenvalue weighted by Gasteiger charge is -1.96. The van der Waals surface area contributed by atoms with Crippen LogP contribution in [-0.4, -0.2) is 36.2 Å². The van der Waals surface area contributed by atoms with Crippen LogP contribution in [0.5, 0.6) is 0 Å². The number of carbonyl (C=O) groups excluding carboxylic acids is 2. The fourth-order valence-electron chi connectivity index (χ4n) is 1.10. The largest absolute Gasteiger partial charge is 0.481 e. The molecule has 0 saturated heterocycles. The molecule has 0 amide bonds. The third kappa shape index (κ3) is 44.9. The minimum atomic E-state index is -0.833. The van der Waals surface area contributed by atoms with E-state index in [2.05, 4.69) is 35.5 Å². The average molecular weight is 356 g/mol. The summed E-state index contributed by atoms with van der Waals surface area (Å²) in [5, 5.41) is 7.42. The van der Waals surface area contributed by atoms with E-state index >= 15 is 0 Å². The highest BCUT2D eigenvalue weighted by molar-refractivity contribution is 5.66. The molecular weight excluding hydrogens is 324 g/mol. The Kier molecular flexibility index (Phi) is 23.8. The van der Waals surface area contributed by atoms with Crippen LogP contribution in [0.4, 0.5) is 0 Å². The van der Waals surface area contributed by atoms with Crippen LogP contribution in [0, 0.1) is 6.92 Å². The summed E-state index contributed by atoms with van der Waals surface area (Å²) in [6.45, 7) is 10.9. The van der Waals surface area contributed by atoms with Crippen LogP contribution in [0.1, 0.15) is 53.0 Å². The maximum atomic E-state index is 10.1. The molecule has 0 radical (unpaired) electrons. The molecule has 0 heterocycles. The van der Waals surface area contributed by atoms with Gasteiger partial charge >= 0.3 is 11.9 Å². The average Bonchev–Trinajstić information content (AvgIpc) is 2.48. The van der Waals surface area contributed by atoms with Crippen molar-refractivity contribution in [3.05, 3.63) is 35.9 Å². The van der Waals surface area contributed by atoms with Crippen molar-refractivity contribution >= 4 is 17.9 Å². The summed E-state index contributed by atoms with van der Waals surface area (Å²) in [4.78, 5) is 28.9. The first kappa shape index (κ1) is 27.5. The molecule has 0 aromatic heterocycles. The van der Waals surface area contributed by atoms with E-state index in [-0.39, 0.29) is 11.9 Å². The second-order valence-corrected chi connectivity index (χ2v) is 4.79. The molecule has 0 spiro atoms. The van der Waals surface area contributed by atoms with Crippen LogP contribution >= 0.6 is 0 Å². The van der Waals surface area contributed by atoms with Gasteiger partial charge in [-0.3, -0.25) is 14.4 Å². The number of carboxylic acid groups (broad SMARTS) is 1. The highest BCUT2D eigenvalue weighted by atomic mass is 16.5. The molecule has 1 aromatic rings. The molecule has 0 aliphatic carbocycles. The van der Waals surface area contributed by atoms with Crippen molar-refractivity contribution in [2.75, 3.05) is 13.2 Å². The first-order valence-corrected chi connectivity index (χ1v) is 8.15. The Morgan fingerprint density at radius 1 is 0.920 bits per heavy atom. The Morgan fingerprint density at radius 2 is 1.36 bits per heavy atom. The third-order valence-electron chi connectivity index (χ3n) is 2.09. The Morgan fingerprint density at radius 3 is 1.56 bits per heavy atom. The summed E-state index contributed by atoms with van der Waals surface area (Å²) in [5.74, 6) is -1.23. The predicted molar refractivity (Wildman–Crippen MR) is 98.3 cm³/mol. The topological polar surface area (TPSA) is 89.9 Å². The van der Waals surface area contributed by atoms with Gasteiger partial charge in [0, 0.05) is 20.8 Å². The molecule has 0 saturated carbocycles. The minimum absolute atomic E-state index is 0.182. The molecule has 0 aliphatic heterocycles. The molecule has 0 atom stereocenters. The Labute approximate surface area is 151 Å². The molecule has 1 aromatic carbocycles. The highest BCUT2D eigenvalue weighted by Crippen LogP contribution is 1.92. The van der Waals surface area contributed by atoms with E-state index in [9.17, 15) is 9.59 Å². The maximum Gasteiger partial charge on any atom is 0.302 e. The molecule has 0 bridgehead atoms. The van der Waals surface area contributed by atoms with Crippen LogP contribution in [0.2, 0.25) is 0 Å². The second-order valence-electron chi connectivity index (χ2n) is 4.79. The van der Waals surface area contributed by atoms with E-state index in [1.54, 1.807) is 6.92 Å². The lowest BCUT2D eigenvalue weighted by Crippen LogP contribution is -1.99. The lowest BCUT2D eigenvalue weighted by atomic mass is 10.2. The molecule has 0 aliphatic rings. The van der Waals surface area contributed by atoms with Gasteiger partial charge in [-0.1, -0.05) is 49.2 Å². The van der Waals surface area contributed by atoms with Crippen LogP contribution in [-0.2, 0) is 23.9 Å². The van der Waals surface area contributed by atoms with Gasteiger partial charge in [-0.15, -0.1) is 0 Å². The number of unbranched alkanes of at least 4 members (excludes halogenated alkanes) is 1. The van der Waals surface area contributed by atoms with Gasteiger partial charge in [0.1, 0.15) is 0 Å². The van der Waals surface area contributed by atoms with E-state index in [0.717, 1.165) is 19.8 Å². The van der Waals surface area contributed by atoms with Crippen molar-refractivity contribution in [1.29, 1.82) is 0 Å². The molecule has 1 rings (SSSR count). The zero-order valence-electron chi connectivity index (χ0n) is 16.2. The van der Waals surface area contributed by atoms with Crippen molar-refractivity contribution in [2.45, 2.75) is 54.4 Å². The van der Waals surface area contributed by atoms with Crippen molar-refractivity contribution in [2.24, 2.45) is 0 Å². The predicted octanol–water partition coefficient (Wildman–Crippen LogP) is 4.00. The first-order valence-electron chi connectivity index (χ1n) is 8.15. The van der Waals surface area contributed by atoms with Gasteiger partial charge in [0.2, 0.25) is 0 Å². The number of aryl methyl sites for hydroxylation is 1. The van der Waals surface area contributed by atoms with Crippen molar-refractivity contribution in [3.8, 4) is 0 Å². The summed E-state index contributed by atoms with van der Waals surface area (Å²) in [6, 6.07) is 10.3. The Balaban J connectivity index is -0.000000265. The summed E-state index contributed by atoms with van der Waals surface area (Å²) in [7, 11) is 0. The number of carboxylic acids is 1. The number of carbonyl (C=O) groups is 3. The van der Waals surface area contributed by atoms with Gasteiger partial charge in [-0.25, -0.2) is 0 Å². The maximum absolute atomic E-state index is 10.1. The number of hydrogen-bond acceptors (Lipinski definition) is 5. The molecular formula is C19H32O6. The number of rotatable bonds is 4. The zero-order valence-corrected chi connectivity index (χ0v) is 16.2. The second kappa shape index (κ2) is 21.6. The van der Waals surface area contributed by atoms with E-state index in [4.69, 9.17) is 9.90 Å². The van der Waals surface area contributed by atoms with Gasteiger partial charge in [0.05, 0.1) is 13.2 Å². The summed E-state index contributed by atoms with van der Waals surface area (Å²) in [5.41, 5.74) is 1.32.